The van der Waals surface area contributed by atoms with Crippen LogP contribution in [0.4, 0.5) is 0 Å². The first-order valence-electron chi connectivity index (χ1n) is 5.95. The molecule has 3 rings (SSSR count). The van der Waals surface area contributed by atoms with Crippen LogP contribution in [0, 0.1) is 0 Å². The van der Waals surface area contributed by atoms with E-state index in [0.29, 0.717) is 12.4 Å². The molecule has 0 aliphatic carbocycles. The number of hydrogen-bond acceptors (Lipinski definition) is 4. The third-order valence-electron chi connectivity index (χ3n) is 2.87. The zero-order valence-corrected chi connectivity index (χ0v) is 10.9. The van der Waals surface area contributed by atoms with Crippen LogP contribution < -0.4 is 0 Å². The van der Waals surface area contributed by atoms with Crippen molar-refractivity contribution in [1.29, 1.82) is 0 Å². The number of carbonyl (C=O) groups excluding carboxylic acids is 1. The van der Waals surface area contributed by atoms with E-state index in [9.17, 15) is 4.79 Å². The summed E-state index contributed by atoms with van der Waals surface area (Å²) >= 11 is 1.57. The molecule has 4 heteroatoms. The van der Waals surface area contributed by atoms with Gasteiger partial charge in [0.1, 0.15) is 12.4 Å². The molecule has 1 aromatic heterocycles. The van der Waals surface area contributed by atoms with Crippen molar-refractivity contribution < 1.29 is 14.3 Å². The van der Waals surface area contributed by atoms with Gasteiger partial charge < -0.3 is 9.47 Å². The second kappa shape index (κ2) is 5.28. The van der Waals surface area contributed by atoms with E-state index in [0.717, 1.165) is 11.1 Å². The van der Waals surface area contributed by atoms with Crippen LogP contribution in [0.1, 0.15) is 17.2 Å². The zero-order chi connectivity index (χ0) is 13.1. The van der Waals surface area contributed by atoms with Crippen LogP contribution in [0.5, 0.6) is 0 Å². The lowest BCUT2D eigenvalue weighted by Gasteiger charge is -2.15. The van der Waals surface area contributed by atoms with E-state index in [1.807, 2.05) is 47.2 Å². The first kappa shape index (κ1) is 12.0. The Balaban J connectivity index is 1.81. The topological polar surface area (TPSA) is 35.5 Å². The lowest BCUT2D eigenvalue weighted by atomic mass is 10.1. The Morgan fingerprint density at radius 3 is 2.74 bits per heavy atom. The number of cyclic esters (lactones) is 1. The van der Waals surface area contributed by atoms with Crippen molar-refractivity contribution in [2.24, 2.45) is 0 Å². The molecule has 19 heavy (non-hydrogen) atoms. The predicted molar refractivity (Wildman–Crippen MR) is 73.5 cm³/mol. The molecule has 1 unspecified atom stereocenters. The molecular weight excluding hydrogens is 260 g/mol. The lowest BCUT2D eigenvalue weighted by molar-refractivity contribution is -0.144. The molecule has 0 N–H and O–H groups in total. The van der Waals surface area contributed by atoms with Crippen LogP contribution >= 0.6 is 11.3 Å². The van der Waals surface area contributed by atoms with Gasteiger partial charge >= 0.3 is 5.97 Å². The van der Waals surface area contributed by atoms with E-state index in [1.165, 1.54) is 6.08 Å². The van der Waals surface area contributed by atoms with E-state index in [1.54, 1.807) is 11.3 Å². The molecular formula is C15H12O3S. The SMILES string of the molecule is O=C1C=C(c2ccsc2)OCC(c2ccccc2)O1. The highest BCUT2D eigenvalue weighted by atomic mass is 32.1. The fourth-order valence-corrected chi connectivity index (χ4v) is 2.57. The number of thiophene rings is 1. The summed E-state index contributed by atoms with van der Waals surface area (Å²) in [6.07, 6.45) is 1.05. The summed E-state index contributed by atoms with van der Waals surface area (Å²) in [7, 11) is 0. The Bertz CT molecular complexity index is 587. The molecule has 2 heterocycles. The second-order valence-corrected chi connectivity index (χ2v) is 4.95. The van der Waals surface area contributed by atoms with Gasteiger partial charge in [-0.15, -0.1) is 0 Å². The van der Waals surface area contributed by atoms with E-state index in [2.05, 4.69) is 0 Å². The minimum Gasteiger partial charge on any atom is -0.488 e. The third-order valence-corrected chi connectivity index (χ3v) is 3.56. The van der Waals surface area contributed by atoms with Gasteiger partial charge in [0.15, 0.2) is 6.10 Å². The van der Waals surface area contributed by atoms with Crippen LogP contribution in [0.15, 0.2) is 53.2 Å². The predicted octanol–water partition coefficient (Wildman–Crippen LogP) is 3.40. The normalized spacial score (nSPS) is 19.1. The number of hydrogen-bond donors (Lipinski definition) is 0. The van der Waals surface area contributed by atoms with Gasteiger partial charge in [-0.25, -0.2) is 4.79 Å². The summed E-state index contributed by atoms with van der Waals surface area (Å²) in [5.41, 5.74) is 1.85. The molecule has 0 saturated heterocycles. The summed E-state index contributed by atoms with van der Waals surface area (Å²) in [5.74, 6) is 0.206. The summed E-state index contributed by atoms with van der Waals surface area (Å²) in [6, 6.07) is 11.5. The van der Waals surface area contributed by atoms with Crippen molar-refractivity contribution in [3.8, 4) is 0 Å². The van der Waals surface area contributed by atoms with E-state index >= 15 is 0 Å². The highest BCUT2D eigenvalue weighted by molar-refractivity contribution is 7.08. The summed E-state index contributed by atoms with van der Waals surface area (Å²) in [5, 5.41) is 3.90. The molecule has 1 atom stereocenters. The molecule has 0 fully saturated rings. The Hall–Kier alpha value is -2.07. The van der Waals surface area contributed by atoms with Crippen LogP contribution in [-0.4, -0.2) is 12.6 Å². The van der Waals surface area contributed by atoms with E-state index < -0.39 is 0 Å². The number of ether oxygens (including phenoxy) is 2. The van der Waals surface area contributed by atoms with Crippen molar-refractivity contribution in [3.63, 3.8) is 0 Å². The standard InChI is InChI=1S/C15H12O3S/c16-15-8-13(12-6-7-19-10-12)17-9-14(18-15)11-4-2-1-3-5-11/h1-8,10,14H,9H2. The van der Waals surface area contributed by atoms with Gasteiger partial charge in [0.25, 0.3) is 0 Å². The van der Waals surface area contributed by atoms with Gasteiger partial charge in [-0.3, -0.25) is 0 Å². The van der Waals surface area contributed by atoms with Crippen molar-refractivity contribution >= 4 is 23.1 Å². The number of benzene rings is 1. The van der Waals surface area contributed by atoms with Crippen LogP contribution in [0.25, 0.3) is 5.76 Å². The highest BCUT2D eigenvalue weighted by Crippen LogP contribution is 2.27. The molecule has 2 aromatic rings. The summed E-state index contributed by atoms with van der Waals surface area (Å²) < 4.78 is 11.1. The summed E-state index contributed by atoms with van der Waals surface area (Å²) in [6.45, 7) is 0.331. The molecule has 0 saturated carbocycles. The average molecular weight is 272 g/mol. The maximum atomic E-state index is 11.8. The molecule has 0 radical (unpaired) electrons. The quantitative estimate of drug-likeness (QED) is 0.786. The van der Waals surface area contributed by atoms with Gasteiger partial charge in [0.05, 0.1) is 6.08 Å². The van der Waals surface area contributed by atoms with Crippen LogP contribution in [0.3, 0.4) is 0 Å². The number of rotatable bonds is 2. The number of carbonyl (C=O) groups is 1. The van der Waals surface area contributed by atoms with Crippen molar-refractivity contribution in [2.75, 3.05) is 6.61 Å². The molecule has 1 aliphatic rings. The minimum atomic E-state index is -0.368. The first-order chi connectivity index (χ1) is 9.33. The van der Waals surface area contributed by atoms with Gasteiger partial charge in [0, 0.05) is 10.9 Å². The fourth-order valence-electron chi connectivity index (χ4n) is 1.93. The van der Waals surface area contributed by atoms with Gasteiger partial charge in [0.2, 0.25) is 0 Å². The molecule has 1 aliphatic heterocycles. The van der Waals surface area contributed by atoms with Crippen LogP contribution in [-0.2, 0) is 14.3 Å². The van der Waals surface area contributed by atoms with Gasteiger partial charge in [-0.2, -0.15) is 11.3 Å². The monoisotopic (exact) mass is 272 g/mol. The minimum absolute atomic E-state index is 0.331. The highest BCUT2D eigenvalue weighted by Gasteiger charge is 2.22. The Morgan fingerprint density at radius 2 is 2.00 bits per heavy atom. The molecule has 0 spiro atoms. The Morgan fingerprint density at radius 1 is 1.16 bits per heavy atom. The van der Waals surface area contributed by atoms with E-state index in [4.69, 9.17) is 9.47 Å². The molecule has 0 amide bonds. The van der Waals surface area contributed by atoms with Crippen molar-refractivity contribution in [2.45, 2.75) is 6.10 Å². The van der Waals surface area contributed by atoms with Crippen molar-refractivity contribution in [1.82, 2.24) is 0 Å². The number of esters is 1. The molecule has 3 nitrogen and oxygen atoms in total. The average Bonchev–Trinajstić information content (AvgIpc) is 2.90. The first-order valence-corrected chi connectivity index (χ1v) is 6.90. The van der Waals surface area contributed by atoms with Gasteiger partial charge in [-0.1, -0.05) is 30.3 Å². The van der Waals surface area contributed by atoms with E-state index in [-0.39, 0.29) is 12.1 Å². The maximum Gasteiger partial charge on any atom is 0.335 e. The molecule has 0 bridgehead atoms. The van der Waals surface area contributed by atoms with Crippen molar-refractivity contribution in [3.05, 3.63) is 64.4 Å². The zero-order valence-electron chi connectivity index (χ0n) is 10.1. The second-order valence-electron chi connectivity index (χ2n) is 4.17. The van der Waals surface area contributed by atoms with Gasteiger partial charge in [-0.05, 0) is 17.0 Å². The molecule has 1 aromatic carbocycles. The fraction of sp³-hybridized carbons (Fsp3) is 0.133. The Labute approximate surface area is 115 Å². The summed E-state index contributed by atoms with van der Waals surface area (Å²) in [4.78, 5) is 11.8. The lowest BCUT2D eigenvalue weighted by Crippen LogP contribution is -2.11. The van der Waals surface area contributed by atoms with Crippen LogP contribution in [0.2, 0.25) is 0 Å². The largest absolute Gasteiger partial charge is 0.488 e. The third kappa shape index (κ3) is 2.69. The Kier molecular flexibility index (Phi) is 3.33. The maximum absolute atomic E-state index is 11.8. The molecule has 96 valence electrons. The smallest absolute Gasteiger partial charge is 0.335 e.